The van der Waals surface area contributed by atoms with E-state index in [4.69, 9.17) is 0 Å². The van der Waals surface area contributed by atoms with E-state index in [2.05, 4.69) is 18.7 Å². The van der Waals surface area contributed by atoms with E-state index >= 15 is 0 Å². The molecule has 4 saturated heterocycles. The highest BCUT2D eigenvalue weighted by Gasteiger charge is 2.64. The van der Waals surface area contributed by atoms with Crippen molar-refractivity contribution >= 4 is 0 Å². The van der Waals surface area contributed by atoms with Crippen LogP contribution in [0.3, 0.4) is 0 Å². The summed E-state index contributed by atoms with van der Waals surface area (Å²) in [5.41, 5.74) is 0.594. The molecular weight excluding hydrogens is 268 g/mol. The molecule has 3 unspecified atom stereocenters. The van der Waals surface area contributed by atoms with Crippen LogP contribution in [-0.4, -0.2) is 47.4 Å². The van der Waals surface area contributed by atoms with Crippen LogP contribution in [0.4, 0.5) is 0 Å². The topological polar surface area (TPSA) is 71.2 Å². The molecule has 4 fully saturated rings. The molecule has 1 aromatic carbocycles. The third kappa shape index (κ3) is 1.68. The molecule has 0 amide bonds. The molecule has 5 heteroatoms. The Balaban J connectivity index is 1.75. The van der Waals surface area contributed by atoms with E-state index < -0.39 is 0 Å². The summed E-state index contributed by atoms with van der Waals surface area (Å²) < 4.78 is 0. The standard InChI is InChI=1S/C16H22N2O3/c1-15-6-17-8-16(2,14(15)21)9-18(7-15)13(17)11-4-3-10(19)5-12(11)20/h3-5,13-14,19-21H,6-9H2,1-2H3. The van der Waals surface area contributed by atoms with Gasteiger partial charge in [-0.1, -0.05) is 19.6 Å². The lowest BCUT2D eigenvalue weighted by atomic mass is 9.60. The summed E-state index contributed by atoms with van der Waals surface area (Å²) >= 11 is 0. The van der Waals surface area contributed by atoms with Crippen molar-refractivity contribution in [2.24, 2.45) is 10.8 Å². The number of hydrogen-bond acceptors (Lipinski definition) is 4. The van der Waals surface area contributed by atoms with Crippen LogP contribution >= 0.6 is 0 Å². The Morgan fingerprint density at radius 1 is 1.24 bits per heavy atom. The van der Waals surface area contributed by atoms with Gasteiger partial charge in [-0.25, -0.2) is 4.90 Å². The highest BCUT2D eigenvalue weighted by Crippen LogP contribution is 2.47. The third-order valence-electron chi connectivity index (χ3n) is 5.75. The van der Waals surface area contributed by atoms with Gasteiger partial charge in [-0.2, -0.15) is 0 Å². The fourth-order valence-corrected chi connectivity index (χ4v) is 5.20. The van der Waals surface area contributed by atoms with Crippen molar-refractivity contribution in [2.45, 2.75) is 26.1 Å². The van der Waals surface area contributed by atoms with E-state index in [0.717, 1.165) is 31.7 Å². The minimum absolute atomic E-state index is 0.0295. The summed E-state index contributed by atoms with van der Waals surface area (Å²) in [7, 11) is 0. The van der Waals surface area contributed by atoms with Crippen molar-refractivity contribution in [1.82, 2.24) is 4.90 Å². The van der Waals surface area contributed by atoms with Gasteiger partial charge >= 0.3 is 0 Å². The van der Waals surface area contributed by atoms with E-state index in [1.165, 1.54) is 11.0 Å². The number of quaternary nitrogens is 1. The fraction of sp³-hybridized carbons (Fsp3) is 0.625. The number of nitrogens with one attached hydrogen (secondary N) is 1. The van der Waals surface area contributed by atoms with Gasteiger partial charge in [-0.15, -0.1) is 0 Å². The van der Waals surface area contributed by atoms with Crippen molar-refractivity contribution in [3.8, 4) is 11.5 Å². The number of hydrogen-bond donors (Lipinski definition) is 3. The molecule has 21 heavy (non-hydrogen) atoms. The van der Waals surface area contributed by atoms with Crippen molar-refractivity contribution in [3.63, 3.8) is 0 Å². The summed E-state index contributed by atoms with van der Waals surface area (Å²) in [6.07, 6.45) is -0.204. The van der Waals surface area contributed by atoms with Crippen molar-refractivity contribution in [3.05, 3.63) is 23.8 Å². The molecule has 0 saturated carbocycles. The van der Waals surface area contributed by atoms with Gasteiger partial charge in [0, 0.05) is 18.7 Å². The lowest BCUT2D eigenvalue weighted by Crippen LogP contribution is -3.22. The van der Waals surface area contributed by atoms with Crippen LogP contribution in [0.25, 0.3) is 0 Å². The first-order valence-corrected chi connectivity index (χ1v) is 7.59. The zero-order valence-electron chi connectivity index (χ0n) is 12.5. The van der Waals surface area contributed by atoms with Gasteiger partial charge in [0.1, 0.15) is 5.75 Å². The van der Waals surface area contributed by atoms with Crippen LogP contribution in [-0.2, 0) is 0 Å². The quantitative estimate of drug-likeness (QED) is 0.625. The van der Waals surface area contributed by atoms with E-state index in [1.807, 2.05) is 0 Å². The molecule has 4 bridgehead atoms. The van der Waals surface area contributed by atoms with Crippen LogP contribution in [0.1, 0.15) is 25.6 Å². The average molecular weight is 290 g/mol. The number of rotatable bonds is 1. The molecule has 0 aromatic heterocycles. The Labute approximate surface area is 124 Å². The summed E-state index contributed by atoms with van der Waals surface area (Å²) in [6, 6.07) is 4.67. The number of aromatic hydroxyl groups is 1. The Morgan fingerprint density at radius 3 is 2.38 bits per heavy atom. The van der Waals surface area contributed by atoms with Gasteiger partial charge in [-0.05, 0) is 18.2 Å². The van der Waals surface area contributed by atoms with Crippen molar-refractivity contribution in [1.29, 1.82) is 0 Å². The first kappa shape index (κ1) is 13.4. The number of phenolic OH excluding ortho intramolecular Hbond substituents is 1. The summed E-state index contributed by atoms with van der Waals surface area (Å²) in [4.78, 5) is 3.72. The molecule has 4 aliphatic heterocycles. The van der Waals surface area contributed by atoms with E-state index in [0.29, 0.717) is 0 Å². The molecule has 4 heterocycles. The number of nitrogens with zero attached hydrogens (tertiary/aromatic N) is 1. The predicted molar refractivity (Wildman–Crippen MR) is 74.8 cm³/mol. The SMILES string of the molecule is CC12CN3CC(C)(C[NH+](C1)C3c1ccc(O)cc1[O-])C2O. The molecule has 3 atom stereocenters. The normalized spacial score (nSPS) is 47.8. The summed E-state index contributed by atoms with van der Waals surface area (Å²) in [5, 5.41) is 32.3. The minimum atomic E-state index is -0.266. The fourth-order valence-electron chi connectivity index (χ4n) is 5.20. The minimum Gasteiger partial charge on any atom is -0.872 e. The Hall–Kier alpha value is -1.30. The van der Waals surface area contributed by atoms with Gasteiger partial charge in [0.15, 0.2) is 6.17 Å². The van der Waals surface area contributed by atoms with Gasteiger partial charge < -0.3 is 20.2 Å². The van der Waals surface area contributed by atoms with E-state index in [-0.39, 0.29) is 34.6 Å². The second-order valence-electron chi connectivity index (χ2n) is 7.75. The third-order valence-corrected chi connectivity index (χ3v) is 5.75. The molecular formula is C16H22N2O3. The molecule has 1 aromatic rings. The zero-order chi connectivity index (χ0) is 15.0. The van der Waals surface area contributed by atoms with Crippen LogP contribution < -0.4 is 10.0 Å². The molecule has 3 N–H and O–H groups in total. The summed E-state index contributed by atoms with van der Waals surface area (Å²) in [6.45, 7) is 7.77. The maximum absolute atomic E-state index is 12.2. The Morgan fingerprint density at radius 2 is 1.86 bits per heavy atom. The molecule has 5 rings (SSSR count). The molecule has 114 valence electrons. The van der Waals surface area contributed by atoms with Crippen LogP contribution in [0.5, 0.6) is 11.5 Å². The summed E-state index contributed by atoms with van der Waals surface area (Å²) in [5.74, 6) is -0.0576. The van der Waals surface area contributed by atoms with Gasteiger partial charge in [-0.3, -0.25) is 0 Å². The monoisotopic (exact) mass is 290 g/mol. The molecule has 4 aliphatic rings. The maximum Gasteiger partial charge on any atom is 0.169 e. The second kappa shape index (κ2) is 3.91. The van der Waals surface area contributed by atoms with Crippen LogP contribution in [0.15, 0.2) is 18.2 Å². The van der Waals surface area contributed by atoms with Crippen molar-refractivity contribution in [2.75, 3.05) is 26.2 Å². The predicted octanol–water partition coefficient (Wildman–Crippen LogP) is -0.934. The van der Waals surface area contributed by atoms with E-state index in [1.54, 1.807) is 12.1 Å². The Bertz CT molecular complexity index is 565. The van der Waals surface area contributed by atoms with Crippen LogP contribution in [0, 0.1) is 10.8 Å². The van der Waals surface area contributed by atoms with Crippen LogP contribution in [0.2, 0.25) is 0 Å². The van der Waals surface area contributed by atoms with Gasteiger partial charge in [0.25, 0.3) is 0 Å². The van der Waals surface area contributed by atoms with Gasteiger partial charge in [0.2, 0.25) is 0 Å². The average Bonchev–Trinajstić information content (AvgIpc) is 2.36. The molecule has 0 aliphatic carbocycles. The lowest BCUT2D eigenvalue weighted by Gasteiger charge is -2.65. The van der Waals surface area contributed by atoms with Crippen molar-refractivity contribution < 1.29 is 20.2 Å². The zero-order valence-corrected chi connectivity index (χ0v) is 12.5. The smallest absolute Gasteiger partial charge is 0.169 e. The second-order valence-corrected chi connectivity index (χ2v) is 7.75. The first-order valence-electron chi connectivity index (χ1n) is 7.59. The lowest BCUT2D eigenvalue weighted by molar-refractivity contribution is -0.982. The highest BCUT2D eigenvalue weighted by molar-refractivity contribution is 5.39. The number of aliphatic hydroxyl groups excluding tert-OH is 1. The molecule has 5 nitrogen and oxygen atoms in total. The maximum atomic E-state index is 12.2. The first-order chi connectivity index (χ1) is 9.82. The highest BCUT2D eigenvalue weighted by atomic mass is 16.3. The van der Waals surface area contributed by atoms with Gasteiger partial charge in [0.05, 0.1) is 30.0 Å². The number of piperidine rings is 2. The Kier molecular flexibility index (Phi) is 2.49. The number of aliphatic hydroxyl groups is 1. The number of benzene rings is 1. The molecule has 0 radical (unpaired) electrons. The largest absolute Gasteiger partial charge is 0.872 e. The van der Waals surface area contributed by atoms with E-state index in [9.17, 15) is 15.3 Å². The number of phenols is 1. The molecule has 0 spiro atoms.